The molecule has 6 rings (SSSR count). The third-order valence-corrected chi connectivity index (χ3v) is 7.94. The van der Waals surface area contributed by atoms with Crippen LogP contribution in [-0.2, 0) is 9.53 Å². The van der Waals surface area contributed by atoms with Crippen LogP contribution in [0.4, 0.5) is 5.82 Å². The van der Waals surface area contributed by atoms with Gasteiger partial charge in [-0.3, -0.25) is 9.59 Å². The number of amides is 1. The fourth-order valence-electron chi connectivity index (χ4n) is 5.77. The number of hydrogen-bond donors (Lipinski definition) is 2. The van der Waals surface area contributed by atoms with E-state index >= 15 is 0 Å². The number of rotatable bonds is 5. The van der Waals surface area contributed by atoms with Gasteiger partial charge < -0.3 is 19.9 Å². The smallest absolute Gasteiger partial charge is 0.225 e. The van der Waals surface area contributed by atoms with Crippen LogP contribution in [0.3, 0.4) is 0 Å². The molecule has 1 aliphatic carbocycles. The van der Waals surface area contributed by atoms with E-state index in [1.807, 2.05) is 4.90 Å². The van der Waals surface area contributed by atoms with Crippen molar-refractivity contribution in [1.29, 1.82) is 0 Å². The number of benzene rings is 1. The van der Waals surface area contributed by atoms with Gasteiger partial charge in [0.15, 0.2) is 5.78 Å². The van der Waals surface area contributed by atoms with Gasteiger partial charge in [0, 0.05) is 36.8 Å². The first kappa shape index (κ1) is 22.5. The van der Waals surface area contributed by atoms with Crippen molar-refractivity contribution in [2.75, 3.05) is 18.4 Å². The molecular formula is C26H28ClN5O3. The largest absolute Gasteiger partial charge is 0.371 e. The highest BCUT2D eigenvalue weighted by Gasteiger charge is 2.38. The number of morpholine rings is 1. The van der Waals surface area contributed by atoms with Gasteiger partial charge in [0.25, 0.3) is 0 Å². The summed E-state index contributed by atoms with van der Waals surface area (Å²) in [6.07, 6.45) is 9.17. The van der Waals surface area contributed by atoms with Crippen molar-refractivity contribution in [2.24, 2.45) is 5.92 Å². The van der Waals surface area contributed by atoms with E-state index in [1.54, 1.807) is 30.5 Å². The van der Waals surface area contributed by atoms with Crippen molar-refractivity contribution in [1.82, 2.24) is 19.9 Å². The summed E-state index contributed by atoms with van der Waals surface area (Å²) in [5.74, 6) is 0.812. The molecule has 1 saturated carbocycles. The topological polar surface area (TPSA) is 100 Å². The van der Waals surface area contributed by atoms with Crippen LogP contribution >= 0.6 is 11.6 Å². The van der Waals surface area contributed by atoms with Crippen LogP contribution in [0, 0.1) is 5.92 Å². The molecule has 1 aromatic carbocycles. The number of nitrogens with zero attached hydrogens (tertiary/aromatic N) is 3. The number of halogens is 1. The normalized spacial score (nSPS) is 26.1. The Kier molecular flexibility index (Phi) is 5.94. The van der Waals surface area contributed by atoms with Crippen molar-refractivity contribution in [3.8, 4) is 0 Å². The molecule has 3 aliphatic rings. The Morgan fingerprint density at radius 3 is 2.49 bits per heavy atom. The lowest BCUT2D eigenvalue weighted by Crippen LogP contribution is -2.48. The maximum Gasteiger partial charge on any atom is 0.225 e. The number of hydrogen-bond acceptors (Lipinski definition) is 6. The molecule has 0 radical (unpaired) electrons. The van der Waals surface area contributed by atoms with E-state index in [9.17, 15) is 9.59 Å². The first-order chi connectivity index (χ1) is 17.1. The Labute approximate surface area is 208 Å². The van der Waals surface area contributed by atoms with Crippen molar-refractivity contribution in [2.45, 2.75) is 56.8 Å². The van der Waals surface area contributed by atoms with Crippen LogP contribution in [0.2, 0.25) is 5.02 Å². The quantitative estimate of drug-likeness (QED) is 0.516. The predicted octanol–water partition coefficient (Wildman–Crippen LogP) is 4.20. The molecule has 2 bridgehead atoms. The summed E-state index contributed by atoms with van der Waals surface area (Å²) < 4.78 is 5.89. The first-order valence-electron chi connectivity index (χ1n) is 12.4. The summed E-state index contributed by atoms with van der Waals surface area (Å²) in [4.78, 5) is 40.3. The van der Waals surface area contributed by atoms with E-state index in [4.69, 9.17) is 16.3 Å². The zero-order valence-corrected chi connectivity index (χ0v) is 20.1. The van der Waals surface area contributed by atoms with E-state index in [0.29, 0.717) is 33.0 Å². The molecule has 0 spiro atoms. The third kappa shape index (κ3) is 4.29. The fraction of sp³-hybridized carbons (Fsp3) is 0.462. The molecular weight excluding hydrogens is 466 g/mol. The summed E-state index contributed by atoms with van der Waals surface area (Å²) in [5, 5.41) is 4.61. The highest BCUT2D eigenvalue weighted by atomic mass is 35.5. The number of carbonyl (C=O) groups is 2. The maximum absolute atomic E-state index is 13.3. The molecule has 2 aromatic heterocycles. The molecule has 35 heavy (non-hydrogen) atoms. The Morgan fingerprint density at radius 1 is 1.00 bits per heavy atom. The average Bonchev–Trinajstić information content (AvgIpc) is 3.47. The van der Waals surface area contributed by atoms with Gasteiger partial charge in [-0.05, 0) is 50.7 Å². The Balaban J connectivity index is 1.15. The fourth-order valence-corrected chi connectivity index (χ4v) is 5.99. The van der Waals surface area contributed by atoms with Crippen LogP contribution in [0.25, 0.3) is 11.0 Å². The molecule has 2 atom stereocenters. The van der Waals surface area contributed by atoms with Gasteiger partial charge in [-0.1, -0.05) is 23.7 Å². The maximum atomic E-state index is 13.3. The van der Waals surface area contributed by atoms with Gasteiger partial charge in [-0.15, -0.1) is 0 Å². The zero-order valence-electron chi connectivity index (χ0n) is 19.4. The number of nitrogens with one attached hydrogen (secondary N) is 2. The molecule has 9 heteroatoms. The van der Waals surface area contributed by atoms with Crippen molar-refractivity contribution in [3.63, 3.8) is 0 Å². The van der Waals surface area contributed by atoms with Gasteiger partial charge in [-0.2, -0.15) is 0 Å². The Morgan fingerprint density at radius 2 is 1.74 bits per heavy atom. The van der Waals surface area contributed by atoms with Crippen LogP contribution in [-0.4, -0.2) is 62.9 Å². The molecule has 3 aromatic rings. The summed E-state index contributed by atoms with van der Waals surface area (Å²) in [6, 6.07) is 7.20. The second-order valence-corrected chi connectivity index (χ2v) is 10.3. The molecule has 4 heterocycles. The van der Waals surface area contributed by atoms with Gasteiger partial charge in [0.2, 0.25) is 5.91 Å². The highest BCUT2D eigenvalue weighted by molar-refractivity contribution is 6.35. The predicted molar refractivity (Wildman–Crippen MR) is 133 cm³/mol. The van der Waals surface area contributed by atoms with E-state index in [0.717, 1.165) is 51.6 Å². The lowest BCUT2D eigenvalue weighted by molar-refractivity contribution is -0.145. The second-order valence-electron chi connectivity index (χ2n) is 9.85. The first-order valence-corrected chi connectivity index (χ1v) is 12.8. The zero-order chi connectivity index (χ0) is 23.9. The summed E-state index contributed by atoms with van der Waals surface area (Å²) in [5.41, 5.74) is 1.53. The molecule has 3 fully saturated rings. The molecule has 1 amide bonds. The number of aromatic nitrogens is 3. The summed E-state index contributed by atoms with van der Waals surface area (Å²) in [7, 11) is 0. The van der Waals surface area contributed by atoms with Crippen molar-refractivity contribution in [3.05, 3.63) is 52.9 Å². The summed E-state index contributed by atoms with van der Waals surface area (Å²) >= 11 is 6.28. The van der Waals surface area contributed by atoms with Gasteiger partial charge in [-0.25, -0.2) is 9.97 Å². The number of carbonyl (C=O) groups excluding carboxylic acids is 2. The van der Waals surface area contributed by atoms with Gasteiger partial charge in [0.05, 0.1) is 28.2 Å². The lowest BCUT2D eigenvalue weighted by atomic mass is 9.85. The molecule has 2 saturated heterocycles. The number of aromatic amines is 1. The number of H-pyrrole nitrogens is 1. The Bertz CT molecular complexity index is 1260. The second kappa shape index (κ2) is 9.24. The van der Waals surface area contributed by atoms with Gasteiger partial charge in [0.1, 0.15) is 17.8 Å². The number of ether oxygens (including phenoxy) is 1. The minimum atomic E-state index is -0.173. The van der Waals surface area contributed by atoms with Crippen LogP contribution < -0.4 is 5.32 Å². The SMILES string of the molecule is O=C(c1ccccc1Cl)c1c[nH]c2ncnc(N[C@H]3CC[C@@H](C(=O)N4C[C@H]5CC[C@@H](C4)O5)CC3)c12. The standard InChI is InChI=1S/C26H28ClN5O3/c27-21-4-2-1-3-19(21)23(33)20-11-28-24-22(20)25(30-14-29-24)31-16-7-5-15(6-8-16)26(34)32-12-17-9-10-18(13-32)35-17/h1-4,11,14-18H,5-10,12-13H2,(H2,28,29,30,31)/t15-,16+,17-,18+. The molecule has 8 nitrogen and oxygen atoms in total. The van der Waals surface area contributed by atoms with E-state index in [-0.39, 0.29) is 35.9 Å². The molecule has 2 N–H and O–H groups in total. The van der Waals surface area contributed by atoms with Crippen molar-refractivity contribution < 1.29 is 14.3 Å². The van der Waals surface area contributed by atoms with Crippen LogP contribution in [0.1, 0.15) is 54.4 Å². The molecule has 182 valence electrons. The van der Waals surface area contributed by atoms with E-state index < -0.39 is 0 Å². The van der Waals surface area contributed by atoms with Crippen LogP contribution in [0.5, 0.6) is 0 Å². The minimum absolute atomic E-state index is 0.0700. The summed E-state index contributed by atoms with van der Waals surface area (Å²) in [6.45, 7) is 1.48. The Hall–Kier alpha value is -2.97. The van der Waals surface area contributed by atoms with Gasteiger partial charge >= 0.3 is 0 Å². The monoisotopic (exact) mass is 493 g/mol. The number of anilines is 1. The number of fused-ring (bicyclic) bond motifs is 3. The van der Waals surface area contributed by atoms with Crippen LogP contribution in [0.15, 0.2) is 36.8 Å². The highest BCUT2D eigenvalue weighted by Crippen LogP contribution is 2.33. The molecule has 2 aliphatic heterocycles. The average molecular weight is 494 g/mol. The van der Waals surface area contributed by atoms with Crippen molar-refractivity contribution >= 4 is 40.1 Å². The number of likely N-dealkylation sites (tertiary alicyclic amines) is 1. The minimum Gasteiger partial charge on any atom is -0.371 e. The lowest BCUT2D eigenvalue weighted by Gasteiger charge is -2.36. The molecule has 0 unspecified atom stereocenters. The van der Waals surface area contributed by atoms with E-state index in [2.05, 4.69) is 20.3 Å². The number of ketones is 1. The van der Waals surface area contributed by atoms with E-state index in [1.165, 1.54) is 6.33 Å². The third-order valence-electron chi connectivity index (χ3n) is 7.61.